The van der Waals surface area contributed by atoms with E-state index >= 15 is 0 Å². The van der Waals surface area contributed by atoms with Gasteiger partial charge in [-0.25, -0.2) is 0 Å². The third-order valence-corrected chi connectivity index (χ3v) is 5.97. The van der Waals surface area contributed by atoms with E-state index in [1.54, 1.807) is 0 Å². The van der Waals surface area contributed by atoms with E-state index in [1.165, 1.54) is 47.1 Å². The molecule has 3 aromatic rings. The van der Waals surface area contributed by atoms with Crippen molar-refractivity contribution < 1.29 is 0 Å². The van der Waals surface area contributed by atoms with Crippen LogP contribution in [0.5, 0.6) is 0 Å². The molecule has 0 heterocycles. The molecule has 0 radical (unpaired) electrons. The molecular formula is C26H28N2. The van der Waals surface area contributed by atoms with Crippen molar-refractivity contribution in [1.29, 1.82) is 0 Å². The molecule has 0 aromatic heterocycles. The average molecular weight is 369 g/mol. The molecule has 0 aliphatic heterocycles. The van der Waals surface area contributed by atoms with E-state index in [2.05, 4.69) is 89.5 Å². The van der Waals surface area contributed by atoms with Crippen molar-refractivity contribution in [3.63, 3.8) is 0 Å². The Kier molecular flexibility index (Phi) is 4.99. The first-order valence-electron chi connectivity index (χ1n) is 10.6. The fraction of sp³-hybridized carbons (Fsp3) is 0.308. The van der Waals surface area contributed by atoms with E-state index in [0.29, 0.717) is 12.0 Å². The second-order valence-electron chi connectivity index (χ2n) is 8.17. The van der Waals surface area contributed by atoms with Crippen molar-refractivity contribution in [2.75, 3.05) is 13.1 Å². The van der Waals surface area contributed by atoms with Crippen molar-refractivity contribution in [1.82, 2.24) is 10.6 Å². The molecule has 2 saturated carbocycles. The molecule has 0 spiro atoms. The van der Waals surface area contributed by atoms with Crippen LogP contribution < -0.4 is 10.6 Å². The van der Waals surface area contributed by atoms with E-state index in [0.717, 1.165) is 19.1 Å². The van der Waals surface area contributed by atoms with Crippen LogP contribution in [0.2, 0.25) is 0 Å². The van der Waals surface area contributed by atoms with Crippen molar-refractivity contribution in [3.05, 3.63) is 84.4 Å². The maximum absolute atomic E-state index is 3.73. The molecule has 0 bridgehead atoms. The first kappa shape index (κ1) is 17.7. The molecule has 2 fully saturated rings. The molecule has 2 aliphatic rings. The topological polar surface area (TPSA) is 24.1 Å². The van der Waals surface area contributed by atoms with Crippen molar-refractivity contribution in [2.45, 2.75) is 37.3 Å². The highest BCUT2D eigenvalue weighted by molar-refractivity contribution is 5.84. The SMILES string of the molecule is c1ccc(-c2ccc([C@@H]3C[C@H]3NCCNC3CC3)cc2-c2ccccc2)cc1. The molecular weight excluding hydrogens is 340 g/mol. The van der Waals surface area contributed by atoms with Gasteiger partial charge in [-0.3, -0.25) is 0 Å². The molecule has 2 nitrogen and oxygen atoms in total. The quantitative estimate of drug-likeness (QED) is 0.533. The minimum absolute atomic E-state index is 0.632. The Morgan fingerprint density at radius 2 is 1.32 bits per heavy atom. The molecule has 28 heavy (non-hydrogen) atoms. The third-order valence-electron chi connectivity index (χ3n) is 5.97. The van der Waals surface area contributed by atoms with Gasteiger partial charge in [0.1, 0.15) is 0 Å². The Morgan fingerprint density at radius 1 is 0.679 bits per heavy atom. The van der Waals surface area contributed by atoms with Gasteiger partial charge in [-0.05, 0) is 47.1 Å². The minimum Gasteiger partial charge on any atom is -0.313 e. The number of rotatable bonds is 8. The molecule has 2 atom stereocenters. The summed E-state index contributed by atoms with van der Waals surface area (Å²) in [5.74, 6) is 0.646. The van der Waals surface area contributed by atoms with Crippen LogP contribution in [0.15, 0.2) is 78.9 Å². The number of hydrogen-bond acceptors (Lipinski definition) is 2. The summed E-state index contributed by atoms with van der Waals surface area (Å²) in [7, 11) is 0. The lowest BCUT2D eigenvalue weighted by Gasteiger charge is -2.13. The van der Waals surface area contributed by atoms with Gasteiger partial charge in [0.25, 0.3) is 0 Å². The lowest BCUT2D eigenvalue weighted by Crippen LogP contribution is -2.30. The average Bonchev–Trinajstić information content (AvgIpc) is 3.68. The summed E-state index contributed by atoms with van der Waals surface area (Å²) in [5.41, 5.74) is 6.69. The van der Waals surface area contributed by atoms with Crippen LogP contribution in [0, 0.1) is 0 Å². The van der Waals surface area contributed by atoms with Crippen LogP contribution in [0.3, 0.4) is 0 Å². The Labute approximate surface area is 168 Å². The molecule has 2 N–H and O–H groups in total. The van der Waals surface area contributed by atoms with Crippen LogP contribution in [0.1, 0.15) is 30.7 Å². The van der Waals surface area contributed by atoms with Gasteiger partial charge in [-0.2, -0.15) is 0 Å². The van der Waals surface area contributed by atoms with Crippen molar-refractivity contribution in [2.24, 2.45) is 0 Å². The van der Waals surface area contributed by atoms with E-state index in [9.17, 15) is 0 Å². The number of nitrogens with one attached hydrogen (secondary N) is 2. The lowest BCUT2D eigenvalue weighted by molar-refractivity contribution is 0.600. The fourth-order valence-corrected chi connectivity index (χ4v) is 4.13. The Bertz CT molecular complexity index is 916. The first-order chi connectivity index (χ1) is 13.9. The van der Waals surface area contributed by atoms with Gasteiger partial charge >= 0.3 is 0 Å². The highest BCUT2D eigenvalue weighted by Crippen LogP contribution is 2.43. The molecule has 0 amide bonds. The van der Waals surface area contributed by atoms with E-state index in [-0.39, 0.29) is 0 Å². The van der Waals surface area contributed by atoms with Crippen LogP contribution in [0.25, 0.3) is 22.3 Å². The standard InChI is InChI=1S/C26H28N2/c1-3-7-19(8-4-1)23-14-11-21(17-24(23)20-9-5-2-6-10-20)25-18-26(25)28-16-15-27-22-12-13-22/h1-11,14,17,22,25-28H,12-13,15-16,18H2/t25-,26+/m0/s1. The Hall–Kier alpha value is -2.42. The highest BCUT2D eigenvalue weighted by Gasteiger charge is 2.38. The number of hydrogen-bond donors (Lipinski definition) is 2. The van der Waals surface area contributed by atoms with Gasteiger partial charge in [0.15, 0.2) is 0 Å². The molecule has 142 valence electrons. The Balaban J connectivity index is 1.35. The normalized spacial score (nSPS) is 20.9. The maximum atomic E-state index is 3.73. The smallest absolute Gasteiger partial charge is 0.0143 e. The zero-order chi connectivity index (χ0) is 18.8. The van der Waals surface area contributed by atoms with Gasteiger partial charge in [0.2, 0.25) is 0 Å². The third kappa shape index (κ3) is 4.04. The first-order valence-corrected chi connectivity index (χ1v) is 10.6. The second-order valence-corrected chi connectivity index (χ2v) is 8.17. The molecule has 3 aromatic carbocycles. The summed E-state index contributed by atoms with van der Waals surface area (Å²) in [4.78, 5) is 0. The lowest BCUT2D eigenvalue weighted by atomic mass is 9.92. The van der Waals surface area contributed by atoms with E-state index < -0.39 is 0 Å². The molecule has 5 rings (SSSR count). The number of benzene rings is 3. The van der Waals surface area contributed by atoms with Gasteiger partial charge < -0.3 is 10.6 Å². The predicted octanol–water partition coefficient (Wildman–Crippen LogP) is 5.22. The van der Waals surface area contributed by atoms with E-state index in [1.807, 2.05) is 0 Å². The predicted molar refractivity (Wildman–Crippen MR) is 117 cm³/mol. The van der Waals surface area contributed by atoms with Crippen LogP contribution in [-0.2, 0) is 0 Å². The van der Waals surface area contributed by atoms with Gasteiger partial charge in [0, 0.05) is 31.1 Å². The minimum atomic E-state index is 0.632. The molecule has 0 unspecified atom stereocenters. The zero-order valence-electron chi connectivity index (χ0n) is 16.3. The fourth-order valence-electron chi connectivity index (χ4n) is 4.13. The van der Waals surface area contributed by atoms with Crippen LogP contribution in [0.4, 0.5) is 0 Å². The summed E-state index contributed by atoms with van der Waals surface area (Å²) in [5, 5.41) is 7.32. The second kappa shape index (κ2) is 7.90. The summed E-state index contributed by atoms with van der Waals surface area (Å²) < 4.78 is 0. The van der Waals surface area contributed by atoms with Gasteiger partial charge in [0.05, 0.1) is 0 Å². The van der Waals surface area contributed by atoms with Crippen molar-refractivity contribution >= 4 is 0 Å². The molecule has 0 saturated heterocycles. The van der Waals surface area contributed by atoms with Gasteiger partial charge in [-0.1, -0.05) is 78.9 Å². The van der Waals surface area contributed by atoms with Crippen LogP contribution >= 0.6 is 0 Å². The molecule has 2 heteroatoms. The van der Waals surface area contributed by atoms with E-state index in [4.69, 9.17) is 0 Å². The summed E-state index contributed by atoms with van der Waals surface area (Å²) in [6.45, 7) is 2.17. The van der Waals surface area contributed by atoms with Gasteiger partial charge in [-0.15, -0.1) is 0 Å². The van der Waals surface area contributed by atoms with Crippen molar-refractivity contribution in [3.8, 4) is 22.3 Å². The largest absolute Gasteiger partial charge is 0.313 e. The van der Waals surface area contributed by atoms with Crippen LogP contribution in [-0.4, -0.2) is 25.2 Å². The maximum Gasteiger partial charge on any atom is 0.0143 e. The Morgan fingerprint density at radius 3 is 2.00 bits per heavy atom. The highest BCUT2D eigenvalue weighted by atomic mass is 15.0. The summed E-state index contributed by atoms with van der Waals surface area (Å²) in [6.07, 6.45) is 3.98. The summed E-state index contributed by atoms with van der Waals surface area (Å²) in [6, 6.07) is 30.0. The monoisotopic (exact) mass is 368 g/mol. The summed E-state index contributed by atoms with van der Waals surface area (Å²) >= 11 is 0. The molecule has 2 aliphatic carbocycles. The zero-order valence-corrected chi connectivity index (χ0v) is 16.3.